The van der Waals surface area contributed by atoms with E-state index in [1.807, 2.05) is 11.8 Å². The minimum atomic E-state index is -3.83. The van der Waals surface area contributed by atoms with E-state index in [1.165, 1.54) is 16.4 Å². The highest BCUT2D eigenvalue weighted by atomic mass is 32.2. The highest BCUT2D eigenvalue weighted by Gasteiger charge is 2.32. The standard InChI is InChI=1S/C20H30N4O7S/c1-15(14-30-2)21-20(25)16-5-7-22(8-6-16)18-4-3-17(13-19(18)24(26)27)32(28,29)23-9-11-31-12-10-23/h3-4,13,15-16H,5-12,14H2,1-2H3,(H,21,25). The summed E-state index contributed by atoms with van der Waals surface area (Å²) in [5.74, 6) is -0.221. The fourth-order valence-corrected chi connectivity index (χ4v) is 5.48. The number of benzene rings is 1. The minimum Gasteiger partial charge on any atom is -0.383 e. The van der Waals surface area contributed by atoms with Crippen molar-refractivity contribution in [2.24, 2.45) is 5.92 Å². The molecule has 32 heavy (non-hydrogen) atoms. The first-order valence-corrected chi connectivity index (χ1v) is 12.1. The number of methoxy groups -OCH3 is 1. The Kier molecular flexibility index (Phi) is 8.04. The normalized spacial score (nSPS) is 19.5. The molecule has 0 aromatic heterocycles. The first-order valence-electron chi connectivity index (χ1n) is 10.6. The zero-order chi connectivity index (χ0) is 23.3. The van der Waals surface area contributed by atoms with Gasteiger partial charge in [-0.15, -0.1) is 0 Å². The van der Waals surface area contributed by atoms with Crippen LogP contribution in [-0.4, -0.2) is 82.7 Å². The summed E-state index contributed by atoms with van der Waals surface area (Å²) in [6, 6.07) is 3.95. The lowest BCUT2D eigenvalue weighted by Crippen LogP contribution is -2.44. The zero-order valence-corrected chi connectivity index (χ0v) is 19.2. The van der Waals surface area contributed by atoms with E-state index in [2.05, 4.69) is 5.32 Å². The molecule has 2 fully saturated rings. The summed E-state index contributed by atoms with van der Waals surface area (Å²) in [6.07, 6.45) is 1.10. The molecule has 1 aromatic carbocycles. The molecule has 0 bridgehead atoms. The van der Waals surface area contributed by atoms with Crippen molar-refractivity contribution in [3.63, 3.8) is 0 Å². The number of hydrogen-bond donors (Lipinski definition) is 1. The number of anilines is 1. The number of ether oxygens (including phenoxy) is 2. The molecule has 2 aliphatic rings. The maximum Gasteiger partial charge on any atom is 0.293 e. The van der Waals surface area contributed by atoms with Crippen molar-refractivity contribution in [2.75, 3.05) is 58.0 Å². The molecule has 1 amide bonds. The van der Waals surface area contributed by atoms with Crippen molar-refractivity contribution in [1.82, 2.24) is 9.62 Å². The van der Waals surface area contributed by atoms with Gasteiger partial charge >= 0.3 is 0 Å². The van der Waals surface area contributed by atoms with Crippen LogP contribution in [0.5, 0.6) is 0 Å². The van der Waals surface area contributed by atoms with Gasteiger partial charge in [0.05, 0.1) is 29.6 Å². The molecule has 1 aromatic rings. The Bertz CT molecular complexity index is 926. The molecule has 1 atom stereocenters. The third kappa shape index (κ3) is 5.55. The van der Waals surface area contributed by atoms with Crippen molar-refractivity contribution < 1.29 is 27.6 Å². The van der Waals surface area contributed by atoms with Crippen molar-refractivity contribution in [1.29, 1.82) is 0 Å². The van der Waals surface area contributed by atoms with Gasteiger partial charge in [0, 0.05) is 51.3 Å². The van der Waals surface area contributed by atoms with E-state index in [-0.39, 0.29) is 41.5 Å². The number of piperidine rings is 1. The van der Waals surface area contributed by atoms with Crippen LogP contribution in [-0.2, 0) is 24.3 Å². The van der Waals surface area contributed by atoms with Crippen molar-refractivity contribution in [2.45, 2.75) is 30.7 Å². The lowest BCUT2D eigenvalue weighted by molar-refractivity contribution is -0.384. The van der Waals surface area contributed by atoms with Crippen molar-refractivity contribution >= 4 is 27.3 Å². The van der Waals surface area contributed by atoms with Crippen LogP contribution < -0.4 is 10.2 Å². The number of carbonyl (C=O) groups is 1. The summed E-state index contributed by atoms with van der Waals surface area (Å²) in [5.41, 5.74) is 0.110. The smallest absolute Gasteiger partial charge is 0.293 e. The maximum absolute atomic E-state index is 12.9. The van der Waals surface area contributed by atoms with E-state index >= 15 is 0 Å². The molecule has 1 N–H and O–H groups in total. The Morgan fingerprint density at radius 2 is 1.94 bits per heavy atom. The monoisotopic (exact) mass is 470 g/mol. The van der Waals surface area contributed by atoms with Gasteiger partial charge in [-0.25, -0.2) is 8.42 Å². The number of amides is 1. The molecule has 2 heterocycles. The van der Waals surface area contributed by atoms with Gasteiger partial charge in [-0.2, -0.15) is 4.31 Å². The third-order valence-corrected chi connectivity index (χ3v) is 7.66. The van der Waals surface area contributed by atoms with E-state index < -0.39 is 14.9 Å². The SMILES string of the molecule is COCC(C)NC(=O)C1CCN(c2ccc(S(=O)(=O)N3CCOCC3)cc2[N+](=O)[O-])CC1. The molecule has 3 rings (SSSR count). The molecule has 0 aliphatic carbocycles. The largest absolute Gasteiger partial charge is 0.383 e. The van der Waals surface area contributed by atoms with Crippen LogP contribution in [0.25, 0.3) is 0 Å². The Balaban J connectivity index is 1.72. The molecular weight excluding hydrogens is 440 g/mol. The summed E-state index contributed by atoms with van der Waals surface area (Å²) < 4.78 is 37.3. The second-order valence-electron chi connectivity index (χ2n) is 8.05. The van der Waals surface area contributed by atoms with E-state index in [9.17, 15) is 23.3 Å². The van der Waals surface area contributed by atoms with Gasteiger partial charge < -0.3 is 19.7 Å². The van der Waals surface area contributed by atoms with E-state index in [4.69, 9.17) is 9.47 Å². The van der Waals surface area contributed by atoms with Gasteiger partial charge in [-0.1, -0.05) is 0 Å². The number of carbonyl (C=O) groups excluding carboxylic acids is 1. The average Bonchev–Trinajstić information content (AvgIpc) is 2.79. The Labute approximate surface area is 187 Å². The zero-order valence-electron chi connectivity index (χ0n) is 18.4. The minimum absolute atomic E-state index is 0.0457. The highest BCUT2D eigenvalue weighted by molar-refractivity contribution is 7.89. The molecule has 178 valence electrons. The molecule has 2 aliphatic heterocycles. The molecule has 12 heteroatoms. The topological polar surface area (TPSA) is 131 Å². The lowest BCUT2D eigenvalue weighted by atomic mass is 9.95. The first-order chi connectivity index (χ1) is 15.2. The quantitative estimate of drug-likeness (QED) is 0.439. The number of morpholine rings is 1. The van der Waals surface area contributed by atoms with Gasteiger partial charge in [0.1, 0.15) is 5.69 Å². The van der Waals surface area contributed by atoms with Gasteiger partial charge in [-0.3, -0.25) is 14.9 Å². The first kappa shape index (κ1) is 24.4. The third-order valence-electron chi connectivity index (χ3n) is 5.76. The summed E-state index contributed by atoms with van der Waals surface area (Å²) in [5, 5.41) is 14.7. The fourth-order valence-electron chi connectivity index (χ4n) is 4.05. The van der Waals surface area contributed by atoms with Gasteiger partial charge in [0.2, 0.25) is 15.9 Å². The molecular formula is C20H30N4O7S. The highest BCUT2D eigenvalue weighted by Crippen LogP contribution is 2.34. The number of nitrogens with zero attached hydrogens (tertiary/aromatic N) is 3. The molecule has 2 saturated heterocycles. The number of nitro groups is 1. The second-order valence-corrected chi connectivity index (χ2v) is 9.99. The number of rotatable bonds is 8. The maximum atomic E-state index is 12.9. The molecule has 11 nitrogen and oxygen atoms in total. The van der Waals surface area contributed by atoms with E-state index in [0.29, 0.717) is 51.4 Å². The Morgan fingerprint density at radius 3 is 2.53 bits per heavy atom. The van der Waals surface area contributed by atoms with Crippen molar-refractivity contribution in [3.05, 3.63) is 28.3 Å². The van der Waals surface area contributed by atoms with Crippen LogP contribution in [0, 0.1) is 16.0 Å². The molecule has 0 radical (unpaired) electrons. The van der Waals surface area contributed by atoms with E-state index in [1.54, 1.807) is 7.11 Å². The van der Waals surface area contributed by atoms with Crippen molar-refractivity contribution in [3.8, 4) is 0 Å². The van der Waals surface area contributed by atoms with Crippen LogP contribution >= 0.6 is 0 Å². The Hall–Kier alpha value is -2.28. The predicted octanol–water partition coefficient (Wildman–Crippen LogP) is 0.983. The number of nitrogens with one attached hydrogen (secondary N) is 1. The Morgan fingerprint density at radius 1 is 1.28 bits per heavy atom. The van der Waals surface area contributed by atoms with Crippen LogP contribution in [0.3, 0.4) is 0 Å². The molecule has 0 saturated carbocycles. The van der Waals surface area contributed by atoms with Crippen LogP contribution in [0.2, 0.25) is 0 Å². The fraction of sp³-hybridized carbons (Fsp3) is 0.650. The summed E-state index contributed by atoms with van der Waals surface area (Å²) >= 11 is 0. The lowest BCUT2D eigenvalue weighted by Gasteiger charge is -2.33. The van der Waals surface area contributed by atoms with Crippen LogP contribution in [0.4, 0.5) is 11.4 Å². The molecule has 0 spiro atoms. The van der Waals surface area contributed by atoms with Crippen LogP contribution in [0.1, 0.15) is 19.8 Å². The summed E-state index contributed by atoms with van der Waals surface area (Å²) in [6.45, 7) is 4.26. The molecule has 1 unspecified atom stereocenters. The average molecular weight is 471 g/mol. The van der Waals surface area contributed by atoms with Gasteiger partial charge in [-0.05, 0) is 31.9 Å². The predicted molar refractivity (Wildman–Crippen MR) is 117 cm³/mol. The second kappa shape index (κ2) is 10.6. The van der Waals surface area contributed by atoms with Gasteiger partial charge in [0.25, 0.3) is 5.69 Å². The number of sulfonamides is 1. The van der Waals surface area contributed by atoms with Gasteiger partial charge in [0.15, 0.2) is 0 Å². The number of hydrogen-bond acceptors (Lipinski definition) is 8. The van der Waals surface area contributed by atoms with Crippen LogP contribution in [0.15, 0.2) is 23.1 Å². The summed E-state index contributed by atoms with van der Waals surface area (Å²) in [7, 11) is -2.26. The van der Waals surface area contributed by atoms with E-state index in [0.717, 1.165) is 6.07 Å². The summed E-state index contributed by atoms with van der Waals surface area (Å²) in [4.78, 5) is 25.4. The number of nitro benzene ring substituents is 1.